The van der Waals surface area contributed by atoms with Gasteiger partial charge in [0, 0.05) is 11.8 Å². The van der Waals surface area contributed by atoms with Crippen molar-refractivity contribution < 1.29 is 18.9 Å². The molecule has 0 aliphatic heterocycles. The number of nitrogens with one attached hydrogen (secondary N) is 1. The van der Waals surface area contributed by atoms with Crippen LogP contribution in [0, 0.1) is 10.1 Å². The van der Waals surface area contributed by atoms with Gasteiger partial charge in [-0.15, -0.1) is 0 Å². The Bertz CT molecular complexity index is 906. The molecule has 3 aromatic rings. The number of amides is 1. The fraction of sp³-hybridized carbons (Fsp3) is 0.105. The molecule has 1 amide bonds. The zero-order valence-electron chi connectivity index (χ0n) is 13.8. The summed E-state index contributed by atoms with van der Waals surface area (Å²) in [5.41, 5.74) is 1.17. The summed E-state index contributed by atoms with van der Waals surface area (Å²) >= 11 is 0. The number of benzene rings is 2. The molecule has 0 radical (unpaired) electrons. The quantitative estimate of drug-likeness (QED) is 0.509. The molecule has 0 unspecified atom stereocenters. The topological polar surface area (TPSA) is 94.6 Å². The maximum Gasteiger partial charge on any atom is 0.282 e. The van der Waals surface area contributed by atoms with Crippen LogP contribution < -0.4 is 5.32 Å². The van der Waals surface area contributed by atoms with E-state index in [1.54, 1.807) is 36.6 Å². The molecule has 0 saturated heterocycles. The minimum absolute atomic E-state index is 0.0111. The van der Waals surface area contributed by atoms with Crippen LogP contribution in [0.3, 0.4) is 0 Å². The Hall–Kier alpha value is -3.45. The van der Waals surface area contributed by atoms with Gasteiger partial charge in [0.05, 0.1) is 17.8 Å². The zero-order valence-corrected chi connectivity index (χ0v) is 13.8. The standard InChI is InChI=1S/C19H16N2O5/c22-19(17-8-1-2-9-18(17)21(23)24)20-15-6-3-5-14(11-15)12-25-13-16-7-4-10-26-16/h1-11H,12-13H2,(H,20,22). The fourth-order valence-corrected chi connectivity index (χ4v) is 2.43. The maximum absolute atomic E-state index is 12.4. The molecule has 0 aliphatic carbocycles. The van der Waals surface area contributed by atoms with Crippen molar-refractivity contribution in [1.82, 2.24) is 0 Å². The number of furan rings is 1. The van der Waals surface area contributed by atoms with Crippen LogP contribution in [0.1, 0.15) is 21.7 Å². The van der Waals surface area contributed by atoms with E-state index in [4.69, 9.17) is 9.15 Å². The van der Waals surface area contributed by atoms with Gasteiger partial charge >= 0.3 is 0 Å². The molecular formula is C19H16N2O5. The predicted molar refractivity (Wildman–Crippen MR) is 94.7 cm³/mol. The maximum atomic E-state index is 12.4. The number of carbonyl (C=O) groups is 1. The summed E-state index contributed by atoms with van der Waals surface area (Å²) in [7, 11) is 0. The second-order valence-electron chi connectivity index (χ2n) is 5.50. The largest absolute Gasteiger partial charge is 0.467 e. The SMILES string of the molecule is O=C(Nc1cccc(COCc2ccco2)c1)c1ccccc1[N+](=O)[O-]. The van der Waals surface area contributed by atoms with Gasteiger partial charge in [0.1, 0.15) is 17.9 Å². The number of anilines is 1. The highest BCUT2D eigenvalue weighted by Crippen LogP contribution is 2.20. The Balaban J connectivity index is 1.65. The second-order valence-corrected chi connectivity index (χ2v) is 5.50. The van der Waals surface area contributed by atoms with Crippen LogP contribution >= 0.6 is 0 Å². The first kappa shape index (κ1) is 17.4. The zero-order chi connectivity index (χ0) is 18.4. The Morgan fingerprint density at radius 1 is 1.08 bits per heavy atom. The third kappa shape index (κ3) is 4.34. The number of nitrogens with zero attached hydrogens (tertiary/aromatic N) is 1. The molecule has 7 heteroatoms. The number of nitro groups is 1. The van der Waals surface area contributed by atoms with Crippen LogP contribution in [0.4, 0.5) is 11.4 Å². The van der Waals surface area contributed by atoms with Crippen LogP contribution in [0.25, 0.3) is 0 Å². The number of nitro benzene ring substituents is 1. The molecular weight excluding hydrogens is 336 g/mol. The number of carbonyl (C=O) groups excluding carboxylic acids is 1. The Morgan fingerprint density at radius 2 is 1.92 bits per heavy atom. The lowest BCUT2D eigenvalue weighted by atomic mass is 10.1. The summed E-state index contributed by atoms with van der Waals surface area (Å²) < 4.78 is 10.8. The van der Waals surface area contributed by atoms with Gasteiger partial charge in [-0.05, 0) is 35.9 Å². The molecule has 0 bridgehead atoms. The molecule has 0 spiro atoms. The van der Waals surface area contributed by atoms with Crippen LogP contribution in [0.2, 0.25) is 0 Å². The van der Waals surface area contributed by atoms with Gasteiger partial charge < -0.3 is 14.5 Å². The van der Waals surface area contributed by atoms with Crippen LogP contribution in [0.15, 0.2) is 71.3 Å². The van der Waals surface area contributed by atoms with Gasteiger partial charge in [-0.25, -0.2) is 0 Å². The summed E-state index contributed by atoms with van der Waals surface area (Å²) in [6.07, 6.45) is 1.58. The number of hydrogen-bond donors (Lipinski definition) is 1. The van der Waals surface area contributed by atoms with Gasteiger partial charge in [0.25, 0.3) is 11.6 Å². The molecule has 0 saturated carbocycles. The summed E-state index contributed by atoms with van der Waals surface area (Å²) in [4.78, 5) is 22.8. The van der Waals surface area contributed by atoms with E-state index in [0.717, 1.165) is 11.3 Å². The Morgan fingerprint density at radius 3 is 2.69 bits per heavy atom. The molecule has 7 nitrogen and oxygen atoms in total. The smallest absolute Gasteiger partial charge is 0.282 e. The third-order valence-corrected chi connectivity index (χ3v) is 3.62. The minimum atomic E-state index is -0.576. The lowest BCUT2D eigenvalue weighted by Crippen LogP contribution is -2.14. The first-order valence-electron chi connectivity index (χ1n) is 7.87. The number of ether oxygens (including phenoxy) is 1. The first-order chi connectivity index (χ1) is 12.6. The van der Waals surface area contributed by atoms with Crippen molar-refractivity contribution in [2.24, 2.45) is 0 Å². The van der Waals surface area contributed by atoms with E-state index in [1.807, 2.05) is 12.1 Å². The van der Waals surface area contributed by atoms with Crippen LogP contribution in [-0.4, -0.2) is 10.8 Å². The fourth-order valence-electron chi connectivity index (χ4n) is 2.43. The second kappa shape index (κ2) is 8.09. The van der Waals surface area contributed by atoms with Crippen molar-refractivity contribution >= 4 is 17.3 Å². The van der Waals surface area contributed by atoms with Gasteiger partial charge in [-0.1, -0.05) is 24.3 Å². The van der Waals surface area contributed by atoms with Crippen LogP contribution in [0.5, 0.6) is 0 Å². The molecule has 1 N–H and O–H groups in total. The average Bonchev–Trinajstić information content (AvgIpc) is 3.15. The number of para-hydroxylation sites is 1. The molecule has 132 valence electrons. The van der Waals surface area contributed by atoms with Gasteiger partial charge in [0.2, 0.25) is 0 Å². The van der Waals surface area contributed by atoms with Crippen molar-refractivity contribution in [1.29, 1.82) is 0 Å². The molecule has 1 heterocycles. The van der Waals surface area contributed by atoms with Crippen molar-refractivity contribution in [2.75, 3.05) is 5.32 Å². The normalized spacial score (nSPS) is 10.5. The summed E-state index contributed by atoms with van der Waals surface area (Å²) in [5.74, 6) is 0.191. The van der Waals surface area contributed by atoms with Crippen LogP contribution in [-0.2, 0) is 18.0 Å². The predicted octanol–water partition coefficient (Wildman–Crippen LogP) is 4.16. The summed E-state index contributed by atoms with van der Waals surface area (Å²) in [6.45, 7) is 0.690. The minimum Gasteiger partial charge on any atom is -0.467 e. The van der Waals surface area contributed by atoms with Gasteiger partial charge in [0.15, 0.2) is 0 Å². The molecule has 1 aromatic heterocycles. The van der Waals surface area contributed by atoms with Gasteiger partial charge in [-0.2, -0.15) is 0 Å². The summed E-state index contributed by atoms with van der Waals surface area (Å²) in [5, 5.41) is 13.7. The van der Waals surface area contributed by atoms with E-state index in [9.17, 15) is 14.9 Å². The van der Waals surface area contributed by atoms with E-state index >= 15 is 0 Å². The third-order valence-electron chi connectivity index (χ3n) is 3.62. The van der Waals surface area contributed by atoms with E-state index in [2.05, 4.69) is 5.32 Å². The van der Waals surface area contributed by atoms with Crippen molar-refractivity contribution in [3.8, 4) is 0 Å². The summed E-state index contributed by atoms with van der Waals surface area (Å²) in [6, 6.07) is 16.5. The lowest BCUT2D eigenvalue weighted by molar-refractivity contribution is -0.385. The Kier molecular flexibility index (Phi) is 5.40. The molecule has 26 heavy (non-hydrogen) atoms. The average molecular weight is 352 g/mol. The highest BCUT2D eigenvalue weighted by molar-refractivity contribution is 6.07. The van der Waals surface area contributed by atoms with E-state index in [1.165, 1.54) is 18.2 Å². The number of rotatable bonds is 7. The van der Waals surface area contributed by atoms with Crippen molar-refractivity contribution in [3.63, 3.8) is 0 Å². The van der Waals surface area contributed by atoms with Gasteiger partial charge in [-0.3, -0.25) is 14.9 Å². The Labute approximate surface area is 149 Å². The molecule has 0 atom stereocenters. The van der Waals surface area contributed by atoms with E-state index < -0.39 is 10.8 Å². The molecule has 0 aliphatic rings. The monoisotopic (exact) mass is 352 g/mol. The van der Waals surface area contributed by atoms with Crippen molar-refractivity contribution in [2.45, 2.75) is 13.2 Å². The molecule has 3 rings (SSSR count). The van der Waals surface area contributed by atoms with Crippen molar-refractivity contribution in [3.05, 3.63) is 93.9 Å². The number of hydrogen-bond acceptors (Lipinski definition) is 5. The first-order valence-corrected chi connectivity index (χ1v) is 7.87. The van der Waals surface area contributed by atoms with E-state index in [0.29, 0.717) is 18.9 Å². The highest BCUT2D eigenvalue weighted by atomic mass is 16.6. The van der Waals surface area contributed by atoms with E-state index in [-0.39, 0.29) is 11.3 Å². The molecule has 2 aromatic carbocycles. The molecule has 0 fully saturated rings. The lowest BCUT2D eigenvalue weighted by Gasteiger charge is -2.08. The highest BCUT2D eigenvalue weighted by Gasteiger charge is 2.19.